The molecule has 0 bridgehead atoms. The molecule has 0 amide bonds. The normalized spacial score (nSPS) is 11.6. The lowest BCUT2D eigenvalue weighted by atomic mass is 10.1. The summed E-state index contributed by atoms with van der Waals surface area (Å²) in [4.78, 5) is 11.0. The number of rotatable bonds is 3. The van der Waals surface area contributed by atoms with Crippen molar-refractivity contribution in [2.24, 2.45) is 0 Å². The van der Waals surface area contributed by atoms with Gasteiger partial charge in [0.1, 0.15) is 0 Å². The Morgan fingerprint density at radius 3 is 2.50 bits per heavy atom. The molecular formula is C12H10ClNO5S. The summed E-state index contributed by atoms with van der Waals surface area (Å²) >= 11 is 6.05. The molecule has 1 aromatic carbocycles. The van der Waals surface area contributed by atoms with Gasteiger partial charge in [0.05, 0.1) is 27.2 Å². The fourth-order valence-electron chi connectivity index (χ4n) is 1.78. The number of halogens is 1. The van der Waals surface area contributed by atoms with Crippen molar-refractivity contribution in [3.05, 3.63) is 34.5 Å². The lowest BCUT2D eigenvalue weighted by Crippen LogP contribution is -2.05. The highest BCUT2D eigenvalue weighted by atomic mass is 35.5. The minimum atomic E-state index is -3.61. The lowest BCUT2D eigenvalue weighted by molar-refractivity contribution is 0.0697. The van der Waals surface area contributed by atoms with Crippen LogP contribution in [0.15, 0.2) is 27.7 Å². The Morgan fingerprint density at radius 1 is 1.40 bits per heavy atom. The number of sulfone groups is 1. The quantitative estimate of drug-likeness (QED) is 0.934. The van der Waals surface area contributed by atoms with E-state index in [-0.39, 0.29) is 26.8 Å². The molecule has 0 saturated carbocycles. The van der Waals surface area contributed by atoms with E-state index in [0.29, 0.717) is 5.56 Å². The highest BCUT2D eigenvalue weighted by Gasteiger charge is 2.25. The van der Waals surface area contributed by atoms with Gasteiger partial charge >= 0.3 is 5.97 Å². The van der Waals surface area contributed by atoms with Crippen LogP contribution < -0.4 is 0 Å². The van der Waals surface area contributed by atoms with E-state index in [1.165, 1.54) is 12.3 Å². The van der Waals surface area contributed by atoms with Gasteiger partial charge in [-0.1, -0.05) is 16.8 Å². The summed E-state index contributed by atoms with van der Waals surface area (Å²) in [6.45, 7) is 1.65. The summed E-state index contributed by atoms with van der Waals surface area (Å²) in [6, 6.07) is 2.35. The van der Waals surface area contributed by atoms with Crippen molar-refractivity contribution in [2.45, 2.75) is 11.8 Å². The van der Waals surface area contributed by atoms with Gasteiger partial charge < -0.3 is 9.63 Å². The van der Waals surface area contributed by atoms with Crippen LogP contribution in [0.1, 0.15) is 15.9 Å². The molecular weight excluding hydrogens is 306 g/mol. The van der Waals surface area contributed by atoms with Crippen molar-refractivity contribution in [2.75, 3.05) is 6.26 Å². The Labute approximate surface area is 119 Å². The van der Waals surface area contributed by atoms with Crippen molar-refractivity contribution in [3.8, 4) is 11.3 Å². The van der Waals surface area contributed by atoms with Gasteiger partial charge in [-0.25, -0.2) is 13.2 Å². The van der Waals surface area contributed by atoms with Gasteiger partial charge in [-0.2, -0.15) is 0 Å². The van der Waals surface area contributed by atoms with Crippen LogP contribution in [0.25, 0.3) is 11.3 Å². The van der Waals surface area contributed by atoms with Gasteiger partial charge in [0.2, 0.25) is 0 Å². The van der Waals surface area contributed by atoms with Crippen molar-refractivity contribution < 1.29 is 22.8 Å². The van der Waals surface area contributed by atoms with Crippen molar-refractivity contribution in [3.63, 3.8) is 0 Å². The number of aromatic carboxylic acids is 1. The van der Waals surface area contributed by atoms with Crippen LogP contribution in [0, 0.1) is 6.92 Å². The van der Waals surface area contributed by atoms with Crippen LogP contribution in [0.2, 0.25) is 5.02 Å². The lowest BCUT2D eigenvalue weighted by Gasteiger charge is -2.10. The zero-order valence-electron chi connectivity index (χ0n) is 10.5. The number of carbonyl (C=O) groups is 1. The van der Waals surface area contributed by atoms with E-state index in [0.717, 1.165) is 12.3 Å². The first-order valence-electron chi connectivity index (χ1n) is 5.41. The molecule has 8 heteroatoms. The number of carboxylic acid groups (broad SMARTS) is 1. The van der Waals surface area contributed by atoms with E-state index >= 15 is 0 Å². The Morgan fingerprint density at radius 2 is 2.05 bits per heavy atom. The van der Waals surface area contributed by atoms with Gasteiger partial charge in [-0.3, -0.25) is 0 Å². The number of aromatic nitrogens is 1. The van der Waals surface area contributed by atoms with Gasteiger partial charge in [0.15, 0.2) is 15.6 Å². The summed E-state index contributed by atoms with van der Waals surface area (Å²) in [7, 11) is -3.61. The molecule has 0 atom stereocenters. The predicted octanol–water partition coefficient (Wildman–Crippen LogP) is 2.41. The third-order valence-corrected chi connectivity index (χ3v) is 4.24. The molecule has 106 valence electrons. The Hall–Kier alpha value is -1.86. The molecule has 0 aliphatic rings. The summed E-state index contributed by atoms with van der Waals surface area (Å²) in [6.07, 6.45) is 2.40. The van der Waals surface area contributed by atoms with Crippen LogP contribution in [-0.2, 0) is 9.84 Å². The average Bonchev–Trinajstić information content (AvgIpc) is 2.73. The van der Waals surface area contributed by atoms with Crippen LogP contribution in [-0.4, -0.2) is 30.9 Å². The summed E-state index contributed by atoms with van der Waals surface area (Å²) in [5, 5.41) is 12.4. The largest absolute Gasteiger partial charge is 0.478 e. The highest BCUT2D eigenvalue weighted by Crippen LogP contribution is 2.38. The van der Waals surface area contributed by atoms with Crippen LogP contribution >= 0.6 is 11.6 Å². The molecule has 0 aliphatic carbocycles. The van der Waals surface area contributed by atoms with Gasteiger partial charge in [0, 0.05) is 11.8 Å². The smallest absolute Gasteiger partial charge is 0.337 e. The molecule has 2 aromatic rings. The van der Waals surface area contributed by atoms with E-state index in [9.17, 15) is 13.2 Å². The minimum Gasteiger partial charge on any atom is -0.478 e. The predicted molar refractivity (Wildman–Crippen MR) is 71.8 cm³/mol. The molecule has 6 nitrogen and oxygen atoms in total. The first-order chi connectivity index (χ1) is 9.23. The van der Waals surface area contributed by atoms with E-state index in [1.54, 1.807) is 6.92 Å². The Bertz CT molecular complexity index is 794. The SMILES string of the molecule is Cc1cnoc1-c1c(S(C)(=O)=O)ccc(C(=O)O)c1Cl. The molecule has 0 unspecified atom stereocenters. The van der Waals surface area contributed by atoms with Crippen molar-refractivity contribution in [1.29, 1.82) is 0 Å². The molecule has 0 fully saturated rings. The van der Waals surface area contributed by atoms with Gasteiger partial charge in [-0.05, 0) is 19.1 Å². The second-order valence-electron chi connectivity index (χ2n) is 4.22. The number of hydrogen-bond donors (Lipinski definition) is 1. The molecule has 20 heavy (non-hydrogen) atoms. The third-order valence-electron chi connectivity index (χ3n) is 2.71. The van der Waals surface area contributed by atoms with Crippen LogP contribution in [0.3, 0.4) is 0 Å². The molecule has 0 spiro atoms. The second kappa shape index (κ2) is 4.92. The van der Waals surface area contributed by atoms with Gasteiger partial charge in [-0.15, -0.1) is 0 Å². The minimum absolute atomic E-state index is 0.0177. The van der Waals surface area contributed by atoms with Crippen molar-refractivity contribution in [1.82, 2.24) is 5.16 Å². The van der Waals surface area contributed by atoms with Crippen LogP contribution in [0.5, 0.6) is 0 Å². The van der Waals surface area contributed by atoms with Gasteiger partial charge in [0.25, 0.3) is 0 Å². The standard InChI is InChI=1S/C12H10ClNO5S/c1-6-5-14-19-11(6)9-8(20(2,17)18)4-3-7(10(9)13)12(15)16/h3-5H,1-2H3,(H,15,16). The molecule has 0 saturated heterocycles. The number of carboxylic acids is 1. The zero-order chi connectivity index (χ0) is 15.1. The number of nitrogens with zero attached hydrogens (tertiary/aromatic N) is 1. The molecule has 0 aliphatic heterocycles. The molecule has 2 rings (SSSR count). The fraction of sp³-hybridized carbons (Fsp3) is 0.167. The van der Waals surface area contributed by atoms with E-state index in [4.69, 9.17) is 21.2 Å². The molecule has 1 aromatic heterocycles. The monoisotopic (exact) mass is 315 g/mol. The van der Waals surface area contributed by atoms with Crippen molar-refractivity contribution >= 4 is 27.4 Å². The maximum Gasteiger partial charge on any atom is 0.337 e. The molecule has 0 radical (unpaired) electrons. The topological polar surface area (TPSA) is 97.5 Å². The summed E-state index contributed by atoms with van der Waals surface area (Å²) in [5.74, 6) is -1.12. The average molecular weight is 316 g/mol. The Kier molecular flexibility index (Phi) is 3.58. The van der Waals surface area contributed by atoms with E-state index in [2.05, 4.69) is 5.16 Å². The summed E-state index contributed by atoms with van der Waals surface area (Å²) in [5.41, 5.74) is 0.369. The highest BCUT2D eigenvalue weighted by molar-refractivity contribution is 7.90. The summed E-state index contributed by atoms with van der Waals surface area (Å²) < 4.78 is 28.7. The maximum atomic E-state index is 11.8. The third kappa shape index (κ3) is 2.41. The number of aryl methyl sites for hydroxylation is 1. The molecule has 1 N–H and O–H groups in total. The Balaban J connectivity index is 2.91. The van der Waals surface area contributed by atoms with Crippen LogP contribution in [0.4, 0.5) is 0 Å². The van der Waals surface area contributed by atoms with E-state index in [1.807, 2.05) is 0 Å². The first-order valence-corrected chi connectivity index (χ1v) is 7.68. The van der Waals surface area contributed by atoms with E-state index < -0.39 is 15.8 Å². The first kappa shape index (κ1) is 14.5. The number of benzene rings is 1. The number of hydrogen-bond acceptors (Lipinski definition) is 5. The maximum absolute atomic E-state index is 11.8. The molecule has 1 heterocycles. The zero-order valence-corrected chi connectivity index (χ0v) is 12.1. The fourth-order valence-corrected chi connectivity index (χ4v) is 3.04. The second-order valence-corrected chi connectivity index (χ2v) is 6.58.